The number of carbonyl (C=O) groups is 2. The fourth-order valence-corrected chi connectivity index (χ4v) is 1.97. The van der Waals surface area contributed by atoms with Gasteiger partial charge >= 0.3 is 5.69 Å². The van der Waals surface area contributed by atoms with Crippen LogP contribution in [-0.4, -0.2) is 22.8 Å². The van der Waals surface area contributed by atoms with Gasteiger partial charge in [0.15, 0.2) is 0 Å². The lowest BCUT2D eigenvalue weighted by Gasteiger charge is -2.22. The fourth-order valence-electron chi connectivity index (χ4n) is 1.97. The van der Waals surface area contributed by atoms with Gasteiger partial charge in [0, 0.05) is 6.42 Å². The Bertz CT molecular complexity index is 635. The van der Waals surface area contributed by atoms with Crippen LogP contribution in [0, 0.1) is 21.4 Å². The molecule has 1 fully saturated rings. The van der Waals surface area contributed by atoms with E-state index >= 15 is 0 Å². The van der Waals surface area contributed by atoms with Crippen LogP contribution in [0.15, 0.2) is 18.2 Å². The number of nitro groups is 1. The Balaban J connectivity index is 2.30. The van der Waals surface area contributed by atoms with Crippen LogP contribution in [0.2, 0.25) is 0 Å². The van der Waals surface area contributed by atoms with E-state index in [1.54, 1.807) is 6.07 Å². The average Bonchev–Trinajstić information content (AvgIpc) is 2.41. The maximum Gasteiger partial charge on any atom is 0.309 e. The van der Waals surface area contributed by atoms with Gasteiger partial charge in [0.1, 0.15) is 23.4 Å². The number of hydrogen-bond acceptors (Lipinski definition) is 6. The number of carbonyl (C=O) groups excluding carboxylic acids is 2. The number of piperidine rings is 1. The second kappa shape index (κ2) is 5.36. The number of nitrogens with zero attached hydrogens (tertiary/aromatic N) is 2. The summed E-state index contributed by atoms with van der Waals surface area (Å²) in [5.41, 5.74) is -0.379. The van der Waals surface area contributed by atoms with Gasteiger partial charge in [-0.3, -0.25) is 25.0 Å². The summed E-state index contributed by atoms with van der Waals surface area (Å²) < 4.78 is 0. The van der Waals surface area contributed by atoms with Crippen LogP contribution in [0.25, 0.3) is 0 Å². The zero-order valence-electron chi connectivity index (χ0n) is 10.3. The van der Waals surface area contributed by atoms with E-state index < -0.39 is 16.9 Å². The van der Waals surface area contributed by atoms with E-state index in [4.69, 9.17) is 5.26 Å². The number of nitro benzene ring substituents is 1. The zero-order valence-corrected chi connectivity index (χ0v) is 10.3. The molecule has 1 aliphatic rings. The summed E-state index contributed by atoms with van der Waals surface area (Å²) in [7, 11) is 0. The molecular formula is C12H10N4O4. The summed E-state index contributed by atoms with van der Waals surface area (Å²) in [6.45, 7) is 0. The minimum atomic E-state index is -0.736. The SMILES string of the molecule is N#Cc1cccc(NC2CCC(=O)NC2=O)c1[N+](=O)[O-]. The second-order valence-electron chi connectivity index (χ2n) is 4.22. The van der Waals surface area contributed by atoms with Gasteiger partial charge in [0.05, 0.1) is 4.92 Å². The maximum absolute atomic E-state index is 11.6. The second-order valence-corrected chi connectivity index (χ2v) is 4.22. The van der Waals surface area contributed by atoms with E-state index in [2.05, 4.69) is 10.6 Å². The van der Waals surface area contributed by atoms with E-state index in [0.717, 1.165) is 0 Å². The Hall–Kier alpha value is -2.95. The first kappa shape index (κ1) is 13.5. The van der Waals surface area contributed by atoms with Gasteiger partial charge < -0.3 is 5.32 Å². The number of benzene rings is 1. The molecule has 0 saturated carbocycles. The molecule has 1 atom stereocenters. The number of hydrogen-bond donors (Lipinski definition) is 2. The molecule has 0 aromatic heterocycles. The van der Waals surface area contributed by atoms with Gasteiger partial charge in [0.2, 0.25) is 11.8 Å². The molecule has 102 valence electrons. The Kier molecular flexibility index (Phi) is 3.61. The molecular weight excluding hydrogens is 264 g/mol. The Morgan fingerprint density at radius 3 is 2.80 bits per heavy atom. The van der Waals surface area contributed by atoms with Crippen molar-refractivity contribution < 1.29 is 14.5 Å². The molecule has 1 heterocycles. The molecule has 1 aliphatic heterocycles. The van der Waals surface area contributed by atoms with Crippen LogP contribution < -0.4 is 10.6 Å². The number of rotatable bonds is 3. The Morgan fingerprint density at radius 1 is 1.45 bits per heavy atom. The molecule has 8 heteroatoms. The molecule has 0 spiro atoms. The van der Waals surface area contributed by atoms with Gasteiger partial charge in [-0.2, -0.15) is 5.26 Å². The molecule has 8 nitrogen and oxygen atoms in total. The third-order valence-electron chi connectivity index (χ3n) is 2.91. The summed E-state index contributed by atoms with van der Waals surface area (Å²) in [6, 6.07) is 5.23. The lowest BCUT2D eigenvalue weighted by atomic mass is 10.0. The highest BCUT2D eigenvalue weighted by Gasteiger charge is 2.29. The average molecular weight is 274 g/mol. The monoisotopic (exact) mass is 274 g/mol. The maximum atomic E-state index is 11.6. The molecule has 1 saturated heterocycles. The largest absolute Gasteiger partial charge is 0.368 e. The molecule has 2 N–H and O–H groups in total. The van der Waals surface area contributed by atoms with Gasteiger partial charge in [-0.1, -0.05) is 6.07 Å². The van der Waals surface area contributed by atoms with Crippen LogP contribution in [0.5, 0.6) is 0 Å². The number of para-hydroxylation sites is 1. The van der Waals surface area contributed by atoms with Crippen LogP contribution in [0.4, 0.5) is 11.4 Å². The molecule has 1 unspecified atom stereocenters. The number of anilines is 1. The van der Waals surface area contributed by atoms with E-state index in [1.807, 2.05) is 0 Å². The van der Waals surface area contributed by atoms with Crippen LogP contribution >= 0.6 is 0 Å². The third-order valence-corrected chi connectivity index (χ3v) is 2.91. The highest BCUT2D eigenvalue weighted by Crippen LogP contribution is 2.29. The molecule has 1 aromatic rings. The summed E-state index contributed by atoms with van der Waals surface area (Å²) in [5.74, 6) is -0.897. The highest BCUT2D eigenvalue weighted by atomic mass is 16.6. The molecule has 0 aliphatic carbocycles. The first-order valence-electron chi connectivity index (χ1n) is 5.80. The minimum Gasteiger partial charge on any atom is -0.368 e. The number of nitriles is 1. The van der Waals surface area contributed by atoms with Crippen molar-refractivity contribution in [3.05, 3.63) is 33.9 Å². The summed E-state index contributed by atoms with van der Waals surface area (Å²) in [5, 5.41) is 24.8. The van der Waals surface area contributed by atoms with Gasteiger partial charge in [-0.15, -0.1) is 0 Å². The molecule has 0 bridgehead atoms. The van der Waals surface area contributed by atoms with E-state index in [-0.39, 0.29) is 35.7 Å². The molecule has 2 rings (SSSR count). The van der Waals surface area contributed by atoms with Crippen LogP contribution in [0.1, 0.15) is 18.4 Å². The molecule has 2 amide bonds. The standard InChI is InChI=1S/C12H10N4O4/c13-6-7-2-1-3-8(11(7)16(19)20)14-9-4-5-10(17)15-12(9)18/h1-3,9,14H,4-5H2,(H,15,17,18). The van der Waals surface area contributed by atoms with Gasteiger partial charge in [0.25, 0.3) is 0 Å². The predicted molar refractivity (Wildman–Crippen MR) is 67.6 cm³/mol. The van der Waals surface area contributed by atoms with E-state index in [1.165, 1.54) is 18.2 Å². The first-order valence-corrected chi connectivity index (χ1v) is 5.80. The van der Waals surface area contributed by atoms with Crippen molar-refractivity contribution in [1.82, 2.24) is 5.32 Å². The fraction of sp³-hybridized carbons (Fsp3) is 0.250. The van der Waals surface area contributed by atoms with Crippen LogP contribution in [-0.2, 0) is 9.59 Å². The van der Waals surface area contributed by atoms with E-state index in [9.17, 15) is 19.7 Å². The van der Waals surface area contributed by atoms with Crippen molar-refractivity contribution in [2.45, 2.75) is 18.9 Å². The third kappa shape index (κ3) is 2.56. The van der Waals surface area contributed by atoms with Crippen LogP contribution in [0.3, 0.4) is 0 Å². The summed E-state index contributed by atoms with van der Waals surface area (Å²) in [6.07, 6.45) is 0.410. The van der Waals surface area contributed by atoms with Gasteiger partial charge in [-0.05, 0) is 18.6 Å². The van der Waals surface area contributed by atoms with Gasteiger partial charge in [-0.25, -0.2) is 0 Å². The quantitative estimate of drug-likeness (QED) is 0.474. The van der Waals surface area contributed by atoms with Crippen molar-refractivity contribution in [1.29, 1.82) is 5.26 Å². The van der Waals surface area contributed by atoms with Crippen molar-refractivity contribution in [3.8, 4) is 6.07 Å². The number of nitrogens with one attached hydrogen (secondary N) is 2. The molecule has 0 radical (unpaired) electrons. The number of imide groups is 1. The Labute approximate surface area is 113 Å². The van der Waals surface area contributed by atoms with Crippen molar-refractivity contribution in [2.75, 3.05) is 5.32 Å². The number of amides is 2. The van der Waals surface area contributed by atoms with E-state index in [0.29, 0.717) is 0 Å². The Morgan fingerprint density at radius 2 is 2.20 bits per heavy atom. The summed E-state index contributed by atoms with van der Waals surface area (Å²) in [4.78, 5) is 33.0. The highest BCUT2D eigenvalue weighted by molar-refractivity contribution is 6.01. The van der Waals surface area contributed by atoms with Crippen molar-refractivity contribution in [3.63, 3.8) is 0 Å². The molecule has 20 heavy (non-hydrogen) atoms. The van der Waals surface area contributed by atoms with Crippen molar-refractivity contribution >= 4 is 23.2 Å². The topological polar surface area (TPSA) is 125 Å². The lowest BCUT2D eigenvalue weighted by molar-refractivity contribution is -0.384. The lowest BCUT2D eigenvalue weighted by Crippen LogP contribution is -2.47. The molecule has 1 aromatic carbocycles. The zero-order chi connectivity index (χ0) is 14.7. The first-order chi connectivity index (χ1) is 9.52. The minimum absolute atomic E-state index is 0.0866. The smallest absolute Gasteiger partial charge is 0.309 e. The van der Waals surface area contributed by atoms with Crippen molar-refractivity contribution in [2.24, 2.45) is 0 Å². The normalized spacial score (nSPS) is 18.1. The predicted octanol–water partition coefficient (Wildman–Crippen LogP) is 0.684. The summed E-state index contributed by atoms with van der Waals surface area (Å²) >= 11 is 0.